The van der Waals surface area contributed by atoms with Crippen LogP contribution in [0.4, 0.5) is 0 Å². The van der Waals surface area contributed by atoms with Gasteiger partial charge in [0.15, 0.2) is 0 Å². The number of hydrogen-bond acceptors (Lipinski definition) is 3. The first-order valence-electron chi connectivity index (χ1n) is 9.80. The quantitative estimate of drug-likeness (QED) is 0.747. The summed E-state index contributed by atoms with van der Waals surface area (Å²) in [5, 5.41) is 6.40. The summed E-state index contributed by atoms with van der Waals surface area (Å²) in [6, 6.07) is 8.55. The van der Waals surface area contributed by atoms with Crippen molar-refractivity contribution < 1.29 is 4.79 Å². The third-order valence-corrected chi connectivity index (χ3v) is 5.84. The number of hydrogen-bond donors (Lipinski definition) is 2. The molecule has 3 unspecified atom stereocenters. The fourth-order valence-corrected chi connectivity index (χ4v) is 4.27. The summed E-state index contributed by atoms with van der Waals surface area (Å²) in [6.45, 7) is 12.7. The van der Waals surface area contributed by atoms with Crippen molar-refractivity contribution in [2.75, 3.05) is 26.2 Å². The van der Waals surface area contributed by atoms with Crippen molar-refractivity contribution in [2.24, 2.45) is 23.7 Å². The number of nitrogens with zero attached hydrogens (tertiary/aromatic N) is 1. The molecule has 0 aliphatic carbocycles. The molecule has 2 saturated heterocycles. The van der Waals surface area contributed by atoms with Crippen LogP contribution in [0.1, 0.15) is 38.3 Å². The van der Waals surface area contributed by atoms with Gasteiger partial charge < -0.3 is 10.6 Å². The number of carbonyl (C=O) groups excluding carboxylic acids is 1. The van der Waals surface area contributed by atoms with Gasteiger partial charge in [-0.1, -0.05) is 45.0 Å². The number of halogens is 2. The zero-order chi connectivity index (χ0) is 17.8. The van der Waals surface area contributed by atoms with Crippen LogP contribution in [0.5, 0.6) is 0 Å². The number of benzene rings is 1. The largest absolute Gasteiger partial charge is 0.352 e. The molecule has 1 amide bonds. The lowest BCUT2D eigenvalue weighted by Gasteiger charge is -2.35. The van der Waals surface area contributed by atoms with Crippen LogP contribution in [0.25, 0.3) is 0 Å². The van der Waals surface area contributed by atoms with E-state index in [1.165, 1.54) is 30.6 Å². The van der Waals surface area contributed by atoms with Crippen molar-refractivity contribution in [1.29, 1.82) is 0 Å². The minimum Gasteiger partial charge on any atom is -0.352 e. The van der Waals surface area contributed by atoms with E-state index in [4.69, 9.17) is 0 Å². The lowest BCUT2D eigenvalue weighted by atomic mass is 9.88. The monoisotopic (exact) mass is 415 g/mol. The maximum Gasteiger partial charge on any atom is 0.223 e. The second-order valence-corrected chi connectivity index (χ2v) is 8.33. The number of nitrogens with one attached hydrogen (secondary N) is 2. The Morgan fingerprint density at radius 3 is 2.30 bits per heavy atom. The van der Waals surface area contributed by atoms with Crippen molar-refractivity contribution in [1.82, 2.24) is 15.5 Å². The van der Waals surface area contributed by atoms with Gasteiger partial charge in [0.2, 0.25) is 5.91 Å². The Kier molecular flexibility index (Phi) is 10.1. The summed E-state index contributed by atoms with van der Waals surface area (Å²) in [6.07, 6.45) is 1.34. The predicted molar refractivity (Wildman–Crippen MR) is 117 cm³/mol. The number of piperidine rings is 1. The Balaban J connectivity index is 0.00000182. The molecule has 2 aliphatic heterocycles. The molecular formula is C21H35Cl2N3O. The normalized spacial score (nSPS) is 24.1. The molecule has 0 spiro atoms. The van der Waals surface area contributed by atoms with E-state index in [0.717, 1.165) is 31.5 Å². The highest BCUT2D eigenvalue weighted by molar-refractivity contribution is 5.85. The Labute approximate surface area is 176 Å². The van der Waals surface area contributed by atoms with Crippen LogP contribution in [0.15, 0.2) is 24.3 Å². The summed E-state index contributed by atoms with van der Waals surface area (Å²) in [4.78, 5) is 15.0. The van der Waals surface area contributed by atoms with Gasteiger partial charge in [0, 0.05) is 32.1 Å². The third kappa shape index (κ3) is 6.63. The van der Waals surface area contributed by atoms with E-state index >= 15 is 0 Å². The Bertz CT molecular complexity index is 585. The van der Waals surface area contributed by atoms with E-state index in [1.807, 2.05) is 6.92 Å². The van der Waals surface area contributed by atoms with E-state index in [0.29, 0.717) is 12.5 Å². The number of amides is 1. The number of likely N-dealkylation sites (tertiary alicyclic amines) is 1. The molecule has 154 valence electrons. The van der Waals surface area contributed by atoms with E-state index in [2.05, 4.69) is 53.6 Å². The van der Waals surface area contributed by atoms with Crippen LogP contribution in [0, 0.1) is 23.7 Å². The highest BCUT2D eigenvalue weighted by Gasteiger charge is 2.28. The minimum atomic E-state index is 0. The maximum atomic E-state index is 12.4. The van der Waals surface area contributed by atoms with Crippen molar-refractivity contribution in [3.05, 3.63) is 35.4 Å². The Morgan fingerprint density at radius 2 is 1.74 bits per heavy atom. The lowest BCUT2D eigenvalue weighted by Crippen LogP contribution is -2.49. The van der Waals surface area contributed by atoms with Crippen LogP contribution >= 0.6 is 24.8 Å². The summed E-state index contributed by atoms with van der Waals surface area (Å²) >= 11 is 0. The maximum absolute atomic E-state index is 12.4. The molecule has 4 nitrogen and oxygen atoms in total. The van der Waals surface area contributed by atoms with Gasteiger partial charge >= 0.3 is 0 Å². The molecule has 3 rings (SSSR count). The summed E-state index contributed by atoms with van der Waals surface area (Å²) in [5.74, 6) is 2.31. The van der Waals surface area contributed by atoms with Crippen LogP contribution in [-0.4, -0.2) is 37.0 Å². The Hall–Kier alpha value is -0.810. The van der Waals surface area contributed by atoms with Crippen LogP contribution in [0.2, 0.25) is 0 Å². The molecule has 3 atom stereocenters. The molecule has 0 bridgehead atoms. The first-order chi connectivity index (χ1) is 12.0. The molecule has 1 aromatic carbocycles. The SMILES string of the molecule is CC1CC(C)CN(Cc2ccccc2CNC(=O)C(C)C2CNC2)C1.Cl.Cl. The topological polar surface area (TPSA) is 44.4 Å². The fourth-order valence-electron chi connectivity index (χ4n) is 4.27. The molecule has 2 fully saturated rings. The van der Waals surface area contributed by atoms with Gasteiger partial charge in [0.25, 0.3) is 0 Å². The van der Waals surface area contributed by atoms with Gasteiger partial charge in [-0.25, -0.2) is 0 Å². The van der Waals surface area contributed by atoms with Gasteiger partial charge in [-0.15, -0.1) is 24.8 Å². The first-order valence-corrected chi connectivity index (χ1v) is 9.80. The van der Waals surface area contributed by atoms with Crippen molar-refractivity contribution >= 4 is 30.7 Å². The second kappa shape index (κ2) is 11.3. The predicted octanol–water partition coefficient (Wildman–Crippen LogP) is 3.48. The van der Waals surface area contributed by atoms with E-state index < -0.39 is 0 Å². The standard InChI is InChI=1S/C21H33N3O.2ClH/c1-15-8-16(2)13-24(12-15)14-19-7-5-4-6-18(19)11-23-21(25)17(3)20-9-22-10-20;;/h4-7,15-17,20,22H,8-14H2,1-3H3,(H,23,25);2*1H. The summed E-state index contributed by atoms with van der Waals surface area (Å²) < 4.78 is 0. The number of carbonyl (C=O) groups is 1. The summed E-state index contributed by atoms with van der Waals surface area (Å²) in [7, 11) is 0. The Morgan fingerprint density at radius 1 is 1.15 bits per heavy atom. The molecule has 2 N–H and O–H groups in total. The van der Waals surface area contributed by atoms with Gasteiger partial charge in [-0.3, -0.25) is 9.69 Å². The average molecular weight is 416 g/mol. The van der Waals surface area contributed by atoms with Crippen LogP contribution < -0.4 is 10.6 Å². The smallest absolute Gasteiger partial charge is 0.223 e. The average Bonchev–Trinajstić information content (AvgIpc) is 2.51. The second-order valence-electron chi connectivity index (χ2n) is 8.33. The van der Waals surface area contributed by atoms with Crippen molar-refractivity contribution in [3.63, 3.8) is 0 Å². The van der Waals surface area contributed by atoms with Gasteiger partial charge in [0.05, 0.1) is 0 Å². The fraction of sp³-hybridized carbons (Fsp3) is 0.667. The first kappa shape index (κ1) is 24.2. The highest BCUT2D eigenvalue weighted by atomic mass is 35.5. The highest BCUT2D eigenvalue weighted by Crippen LogP contribution is 2.23. The molecule has 0 aromatic heterocycles. The molecule has 1 aromatic rings. The van der Waals surface area contributed by atoms with Gasteiger partial charge in [-0.05, 0) is 48.4 Å². The van der Waals surface area contributed by atoms with Gasteiger partial charge in [0.1, 0.15) is 0 Å². The number of rotatable bonds is 6. The van der Waals surface area contributed by atoms with Crippen molar-refractivity contribution in [2.45, 2.75) is 40.3 Å². The van der Waals surface area contributed by atoms with E-state index in [9.17, 15) is 4.79 Å². The summed E-state index contributed by atoms with van der Waals surface area (Å²) in [5.41, 5.74) is 2.60. The zero-order valence-corrected chi connectivity index (χ0v) is 18.4. The molecule has 27 heavy (non-hydrogen) atoms. The lowest BCUT2D eigenvalue weighted by molar-refractivity contribution is -0.126. The molecular weight excluding hydrogens is 381 g/mol. The van der Waals surface area contributed by atoms with Crippen LogP contribution in [0.3, 0.4) is 0 Å². The minimum absolute atomic E-state index is 0. The van der Waals surface area contributed by atoms with E-state index in [-0.39, 0.29) is 36.6 Å². The van der Waals surface area contributed by atoms with E-state index in [1.54, 1.807) is 0 Å². The molecule has 2 heterocycles. The zero-order valence-electron chi connectivity index (χ0n) is 16.7. The molecule has 6 heteroatoms. The van der Waals surface area contributed by atoms with Crippen LogP contribution in [-0.2, 0) is 17.9 Å². The van der Waals surface area contributed by atoms with Crippen molar-refractivity contribution in [3.8, 4) is 0 Å². The molecule has 0 radical (unpaired) electrons. The molecule has 0 saturated carbocycles. The molecule has 2 aliphatic rings. The van der Waals surface area contributed by atoms with Gasteiger partial charge in [-0.2, -0.15) is 0 Å². The third-order valence-electron chi connectivity index (χ3n) is 5.84.